The van der Waals surface area contributed by atoms with Crippen molar-refractivity contribution in [3.8, 4) is 0 Å². The van der Waals surface area contributed by atoms with Crippen molar-refractivity contribution in [2.75, 3.05) is 0 Å². The monoisotopic (exact) mass is 395 g/mol. The summed E-state index contributed by atoms with van der Waals surface area (Å²) in [5, 5.41) is 0. The van der Waals surface area contributed by atoms with Crippen LogP contribution >= 0.6 is 0 Å². The zero-order valence-corrected chi connectivity index (χ0v) is 15.6. The number of halogens is 3. The van der Waals surface area contributed by atoms with Gasteiger partial charge in [0.05, 0.1) is 10.5 Å². The van der Waals surface area contributed by atoms with E-state index >= 15 is 0 Å². The molecule has 2 aromatic carbocycles. The first-order valence-electron chi connectivity index (χ1n) is 8.68. The lowest BCUT2D eigenvalue weighted by molar-refractivity contribution is -0.137. The minimum absolute atomic E-state index is 0.157. The van der Waals surface area contributed by atoms with Gasteiger partial charge in [0.1, 0.15) is 0 Å². The molecular formula is C20H20F3NO2S. The van der Waals surface area contributed by atoms with E-state index in [4.69, 9.17) is 0 Å². The number of sulfonamides is 1. The van der Waals surface area contributed by atoms with Gasteiger partial charge in [-0.1, -0.05) is 43.7 Å². The highest BCUT2D eigenvalue weighted by molar-refractivity contribution is 7.89. The van der Waals surface area contributed by atoms with Crippen molar-refractivity contribution in [3.63, 3.8) is 0 Å². The Kier molecular flexibility index (Phi) is 5.33. The Morgan fingerprint density at radius 1 is 1.00 bits per heavy atom. The molecule has 0 heterocycles. The van der Waals surface area contributed by atoms with E-state index in [2.05, 4.69) is 4.72 Å². The van der Waals surface area contributed by atoms with E-state index in [1.54, 1.807) is 18.2 Å². The van der Waals surface area contributed by atoms with Gasteiger partial charge in [-0.2, -0.15) is 13.2 Å². The van der Waals surface area contributed by atoms with Gasteiger partial charge < -0.3 is 0 Å². The summed E-state index contributed by atoms with van der Waals surface area (Å²) < 4.78 is 66.4. The summed E-state index contributed by atoms with van der Waals surface area (Å²) in [5.41, 5.74) is 1.22. The summed E-state index contributed by atoms with van der Waals surface area (Å²) in [6, 6.07) is 12.9. The molecular weight excluding hydrogens is 375 g/mol. The quantitative estimate of drug-likeness (QED) is 0.755. The fourth-order valence-corrected chi connectivity index (χ4v) is 4.43. The zero-order chi connectivity index (χ0) is 19.7. The van der Waals surface area contributed by atoms with E-state index in [9.17, 15) is 21.6 Å². The van der Waals surface area contributed by atoms with Crippen LogP contribution in [0.3, 0.4) is 0 Å². The maximum atomic E-state index is 12.8. The van der Waals surface area contributed by atoms with Crippen molar-refractivity contribution in [3.05, 3.63) is 71.4 Å². The Balaban J connectivity index is 1.95. The Hall–Kier alpha value is -2.28. The van der Waals surface area contributed by atoms with Gasteiger partial charge in [0.15, 0.2) is 0 Å². The predicted octanol–water partition coefficient (Wildman–Crippen LogP) is 5.22. The summed E-state index contributed by atoms with van der Waals surface area (Å²) >= 11 is 0. The van der Waals surface area contributed by atoms with E-state index < -0.39 is 21.8 Å². The number of nitrogens with one attached hydrogen (secondary N) is 1. The molecule has 0 fully saturated rings. The van der Waals surface area contributed by atoms with Gasteiger partial charge in [0, 0.05) is 5.70 Å². The molecule has 1 aliphatic carbocycles. The van der Waals surface area contributed by atoms with Crippen LogP contribution in [0, 0.1) is 5.92 Å². The SMILES string of the molecule is CCC1CC(NS(=O)(=O)c2ccccc2)=C(c2ccc(C(F)(F)F)cc2)C1. The predicted molar refractivity (Wildman–Crippen MR) is 98.1 cm³/mol. The van der Waals surface area contributed by atoms with Crippen molar-refractivity contribution >= 4 is 15.6 Å². The molecule has 144 valence electrons. The minimum atomic E-state index is -4.40. The maximum absolute atomic E-state index is 12.8. The number of hydrogen-bond donors (Lipinski definition) is 1. The topological polar surface area (TPSA) is 46.2 Å². The van der Waals surface area contributed by atoms with Gasteiger partial charge in [0.25, 0.3) is 10.0 Å². The second kappa shape index (κ2) is 7.38. The van der Waals surface area contributed by atoms with Crippen LogP contribution in [0.1, 0.15) is 37.3 Å². The molecule has 0 aliphatic heterocycles. The van der Waals surface area contributed by atoms with Gasteiger partial charge >= 0.3 is 6.18 Å². The van der Waals surface area contributed by atoms with Crippen LogP contribution in [0.2, 0.25) is 0 Å². The highest BCUT2D eigenvalue weighted by atomic mass is 32.2. The molecule has 7 heteroatoms. The summed E-state index contributed by atoms with van der Waals surface area (Å²) in [6.45, 7) is 2.02. The van der Waals surface area contributed by atoms with Crippen molar-refractivity contribution in [1.82, 2.24) is 4.72 Å². The third-order valence-electron chi connectivity index (χ3n) is 4.80. The van der Waals surface area contributed by atoms with Crippen LogP contribution in [0.5, 0.6) is 0 Å². The smallest absolute Gasteiger partial charge is 0.283 e. The molecule has 1 atom stereocenters. The Bertz CT molecular complexity index is 933. The average Bonchev–Trinajstić information content (AvgIpc) is 3.04. The molecule has 3 rings (SSSR count). The first kappa shape index (κ1) is 19.5. The fourth-order valence-electron chi connectivity index (χ4n) is 3.26. The Labute approximate surface area is 157 Å². The van der Waals surface area contributed by atoms with Crippen molar-refractivity contribution in [2.45, 2.75) is 37.3 Å². The third-order valence-corrected chi connectivity index (χ3v) is 6.21. The molecule has 0 aromatic heterocycles. The second-order valence-corrected chi connectivity index (χ2v) is 8.32. The minimum Gasteiger partial charge on any atom is -0.283 e. The number of alkyl halides is 3. The molecule has 0 saturated heterocycles. The first-order chi connectivity index (χ1) is 12.7. The molecule has 0 saturated carbocycles. The number of allylic oxidation sites excluding steroid dienone is 2. The maximum Gasteiger partial charge on any atom is 0.416 e. The average molecular weight is 395 g/mol. The van der Waals surface area contributed by atoms with E-state index in [1.165, 1.54) is 24.3 Å². The van der Waals surface area contributed by atoms with Crippen LogP contribution in [0.15, 0.2) is 65.2 Å². The first-order valence-corrected chi connectivity index (χ1v) is 10.2. The van der Waals surface area contributed by atoms with E-state index in [0.29, 0.717) is 24.1 Å². The molecule has 27 heavy (non-hydrogen) atoms. The summed E-state index contributed by atoms with van der Waals surface area (Å²) in [4.78, 5) is 0.157. The van der Waals surface area contributed by atoms with E-state index in [1.807, 2.05) is 6.92 Å². The molecule has 2 aromatic rings. The molecule has 0 amide bonds. The third kappa shape index (κ3) is 4.35. The lowest BCUT2D eigenvalue weighted by Crippen LogP contribution is -2.23. The standard InChI is InChI=1S/C20H20F3NO2S/c1-2-14-12-18(15-8-10-16(11-9-15)20(21,22)23)19(13-14)24-27(25,26)17-6-4-3-5-7-17/h3-11,14,24H,2,12-13H2,1H3. The lowest BCUT2D eigenvalue weighted by atomic mass is 9.98. The van der Waals surface area contributed by atoms with Crippen molar-refractivity contribution in [1.29, 1.82) is 0 Å². The Morgan fingerprint density at radius 2 is 1.63 bits per heavy atom. The normalized spacial score (nSPS) is 18.0. The fraction of sp³-hybridized carbons (Fsp3) is 0.300. The summed E-state index contributed by atoms with van der Waals surface area (Å²) in [5.74, 6) is 0.260. The molecule has 1 unspecified atom stereocenters. The number of rotatable bonds is 5. The number of benzene rings is 2. The van der Waals surface area contributed by atoms with Crippen LogP contribution in [0.25, 0.3) is 5.57 Å². The molecule has 1 N–H and O–H groups in total. The van der Waals surface area contributed by atoms with Gasteiger partial charge in [-0.05, 0) is 54.2 Å². The van der Waals surface area contributed by atoms with Crippen LogP contribution in [0.4, 0.5) is 13.2 Å². The highest BCUT2D eigenvalue weighted by Crippen LogP contribution is 2.39. The summed E-state index contributed by atoms with van der Waals surface area (Å²) in [6.07, 6.45) is -2.35. The molecule has 0 radical (unpaired) electrons. The molecule has 1 aliphatic rings. The van der Waals surface area contributed by atoms with E-state index in [-0.39, 0.29) is 10.8 Å². The number of hydrogen-bond acceptors (Lipinski definition) is 2. The van der Waals surface area contributed by atoms with Crippen molar-refractivity contribution in [2.24, 2.45) is 5.92 Å². The largest absolute Gasteiger partial charge is 0.416 e. The molecule has 0 spiro atoms. The highest BCUT2D eigenvalue weighted by Gasteiger charge is 2.31. The molecule has 3 nitrogen and oxygen atoms in total. The summed E-state index contributed by atoms with van der Waals surface area (Å²) in [7, 11) is -3.74. The van der Waals surface area contributed by atoms with Crippen molar-refractivity contribution < 1.29 is 21.6 Å². The lowest BCUT2D eigenvalue weighted by Gasteiger charge is -2.13. The molecule has 0 bridgehead atoms. The Morgan fingerprint density at radius 3 is 2.19 bits per heavy atom. The van der Waals surface area contributed by atoms with Gasteiger partial charge in [-0.3, -0.25) is 4.72 Å². The van der Waals surface area contributed by atoms with Gasteiger partial charge in [-0.15, -0.1) is 0 Å². The van der Waals surface area contributed by atoms with Crippen LogP contribution in [-0.4, -0.2) is 8.42 Å². The zero-order valence-electron chi connectivity index (χ0n) is 14.8. The van der Waals surface area contributed by atoms with Crippen LogP contribution in [-0.2, 0) is 16.2 Å². The van der Waals surface area contributed by atoms with E-state index in [0.717, 1.165) is 24.1 Å². The van der Waals surface area contributed by atoms with Crippen LogP contribution < -0.4 is 4.72 Å². The van der Waals surface area contributed by atoms with Gasteiger partial charge in [0.2, 0.25) is 0 Å². The second-order valence-electron chi connectivity index (χ2n) is 6.63. The van der Waals surface area contributed by atoms with Gasteiger partial charge in [-0.25, -0.2) is 8.42 Å².